The average molecular weight is 230 g/mol. The van der Waals surface area contributed by atoms with Gasteiger partial charge in [0.05, 0.1) is 17.8 Å². The number of anilines is 1. The maximum atomic E-state index is 5.16. The van der Waals surface area contributed by atoms with Crippen molar-refractivity contribution in [3.05, 3.63) is 35.5 Å². The van der Waals surface area contributed by atoms with Crippen molar-refractivity contribution in [3.8, 4) is 0 Å². The second-order valence-electron chi connectivity index (χ2n) is 4.10. The Morgan fingerprint density at radius 1 is 1.35 bits per heavy atom. The number of benzene rings is 1. The van der Waals surface area contributed by atoms with Crippen LogP contribution in [0.2, 0.25) is 0 Å². The van der Waals surface area contributed by atoms with Crippen LogP contribution in [0.25, 0.3) is 10.9 Å². The molecule has 0 amide bonds. The molecule has 1 aromatic heterocycles. The van der Waals surface area contributed by atoms with Gasteiger partial charge in [0.25, 0.3) is 0 Å². The normalized spacial score (nSPS) is 10.8. The predicted molar refractivity (Wildman–Crippen MR) is 71.4 cm³/mol. The van der Waals surface area contributed by atoms with Crippen molar-refractivity contribution >= 4 is 16.6 Å². The number of hydrogen-bond acceptors (Lipinski definition) is 3. The summed E-state index contributed by atoms with van der Waals surface area (Å²) in [5.74, 6) is 0. The summed E-state index contributed by atoms with van der Waals surface area (Å²) >= 11 is 0. The van der Waals surface area contributed by atoms with Gasteiger partial charge >= 0.3 is 0 Å². The van der Waals surface area contributed by atoms with E-state index in [0.29, 0.717) is 6.61 Å². The minimum Gasteiger partial charge on any atom is -0.385 e. The van der Waals surface area contributed by atoms with Crippen LogP contribution in [0.5, 0.6) is 0 Å². The number of aryl methyl sites for hydroxylation is 1. The maximum Gasteiger partial charge on any atom is 0.0885 e. The highest BCUT2D eigenvalue weighted by Crippen LogP contribution is 2.25. The minimum atomic E-state index is 0.544. The van der Waals surface area contributed by atoms with E-state index in [9.17, 15) is 0 Å². The molecule has 1 N–H and O–H groups in total. The minimum absolute atomic E-state index is 0.544. The van der Waals surface area contributed by atoms with Crippen LogP contribution in [0.3, 0.4) is 0 Å². The lowest BCUT2D eigenvalue weighted by atomic mass is 10.1. The van der Waals surface area contributed by atoms with E-state index >= 15 is 0 Å². The van der Waals surface area contributed by atoms with Gasteiger partial charge in [0.1, 0.15) is 0 Å². The first-order valence-electron chi connectivity index (χ1n) is 5.88. The second-order valence-corrected chi connectivity index (χ2v) is 4.10. The van der Waals surface area contributed by atoms with Crippen molar-refractivity contribution in [3.63, 3.8) is 0 Å². The number of methoxy groups -OCH3 is 1. The highest BCUT2D eigenvalue weighted by atomic mass is 16.5. The summed E-state index contributed by atoms with van der Waals surface area (Å²) in [5.41, 5.74) is 4.34. The van der Waals surface area contributed by atoms with Gasteiger partial charge in [0.2, 0.25) is 0 Å². The zero-order chi connectivity index (χ0) is 12.3. The van der Waals surface area contributed by atoms with Gasteiger partial charge in [-0.05, 0) is 25.5 Å². The summed E-state index contributed by atoms with van der Waals surface area (Å²) in [4.78, 5) is 4.64. The quantitative estimate of drug-likeness (QED) is 0.876. The van der Waals surface area contributed by atoms with Crippen molar-refractivity contribution < 1.29 is 4.74 Å². The molecule has 0 aliphatic rings. The molecule has 0 spiro atoms. The number of para-hydroxylation sites is 1. The summed E-state index contributed by atoms with van der Waals surface area (Å²) in [6.07, 6.45) is 0. The molecule has 2 rings (SSSR count). The van der Waals surface area contributed by atoms with Crippen LogP contribution >= 0.6 is 0 Å². The van der Waals surface area contributed by atoms with Gasteiger partial charge in [-0.2, -0.15) is 0 Å². The lowest BCUT2D eigenvalue weighted by Crippen LogP contribution is -2.02. The summed E-state index contributed by atoms with van der Waals surface area (Å²) in [7, 11) is 1.69. The molecular weight excluding hydrogens is 212 g/mol. The number of fused-ring (bicyclic) bond motifs is 1. The van der Waals surface area contributed by atoms with Crippen LogP contribution in [0.1, 0.15) is 18.2 Å². The number of nitrogens with zero attached hydrogens (tertiary/aromatic N) is 1. The third kappa shape index (κ3) is 2.39. The smallest absolute Gasteiger partial charge is 0.0885 e. The van der Waals surface area contributed by atoms with Crippen molar-refractivity contribution in [2.75, 3.05) is 19.0 Å². The molecule has 0 radical (unpaired) electrons. The summed E-state index contributed by atoms with van der Waals surface area (Å²) in [6.45, 7) is 5.63. The highest BCUT2D eigenvalue weighted by molar-refractivity contribution is 5.93. The van der Waals surface area contributed by atoms with E-state index in [1.54, 1.807) is 7.11 Å². The number of nitrogens with one attached hydrogen (secondary N) is 1. The Kier molecular flexibility index (Phi) is 3.59. The summed E-state index contributed by atoms with van der Waals surface area (Å²) < 4.78 is 5.16. The molecule has 17 heavy (non-hydrogen) atoms. The lowest BCUT2D eigenvalue weighted by Gasteiger charge is -2.11. The van der Waals surface area contributed by atoms with E-state index in [2.05, 4.69) is 48.4 Å². The molecule has 1 aromatic carbocycles. The van der Waals surface area contributed by atoms with Crippen LogP contribution in [-0.2, 0) is 11.3 Å². The fourth-order valence-corrected chi connectivity index (χ4v) is 2.00. The van der Waals surface area contributed by atoms with Gasteiger partial charge < -0.3 is 10.1 Å². The second kappa shape index (κ2) is 5.15. The molecule has 2 aromatic rings. The number of aromatic nitrogens is 1. The Morgan fingerprint density at radius 2 is 2.18 bits per heavy atom. The van der Waals surface area contributed by atoms with E-state index in [1.165, 1.54) is 10.9 Å². The van der Waals surface area contributed by atoms with Crippen molar-refractivity contribution in [1.82, 2.24) is 4.98 Å². The first-order valence-corrected chi connectivity index (χ1v) is 5.88. The SMILES string of the molecule is CCNc1cc(COC)nc2c(C)cccc12. The number of hydrogen-bond donors (Lipinski definition) is 1. The van der Waals surface area contributed by atoms with Crippen LogP contribution in [0.4, 0.5) is 5.69 Å². The van der Waals surface area contributed by atoms with Gasteiger partial charge in [-0.1, -0.05) is 18.2 Å². The summed E-state index contributed by atoms with van der Waals surface area (Å²) in [6, 6.07) is 8.32. The van der Waals surface area contributed by atoms with E-state index < -0.39 is 0 Å². The van der Waals surface area contributed by atoms with Gasteiger partial charge in [-0.3, -0.25) is 0 Å². The third-order valence-electron chi connectivity index (χ3n) is 2.75. The molecule has 0 bridgehead atoms. The van der Waals surface area contributed by atoms with Gasteiger partial charge in [-0.15, -0.1) is 0 Å². The molecule has 3 nitrogen and oxygen atoms in total. The molecule has 3 heteroatoms. The van der Waals surface area contributed by atoms with Gasteiger partial charge in [0, 0.05) is 24.7 Å². The lowest BCUT2D eigenvalue weighted by molar-refractivity contribution is 0.182. The monoisotopic (exact) mass is 230 g/mol. The molecule has 0 atom stereocenters. The Balaban J connectivity index is 2.63. The average Bonchev–Trinajstić information content (AvgIpc) is 2.31. The number of pyridine rings is 1. The van der Waals surface area contributed by atoms with E-state index in [4.69, 9.17) is 4.74 Å². The van der Waals surface area contributed by atoms with E-state index in [0.717, 1.165) is 23.4 Å². The molecule has 0 fully saturated rings. The zero-order valence-electron chi connectivity index (χ0n) is 10.6. The number of ether oxygens (including phenoxy) is 1. The molecule has 0 saturated heterocycles. The van der Waals surface area contributed by atoms with Crippen LogP contribution in [0.15, 0.2) is 24.3 Å². The largest absolute Gasteiger partial charge is 0.385 e. The predicted octanol–water partition coefficient (Wildman–Crippen LogP) is 3.12. The van der Waals surface area contributed by atoms with Crippen LogP contribution < -0.4 is 5.32 Å². The summed E-state index contributed by atoms with van der Waals surface area (Å²) in [5, 5.41) is 4.55. The molecule has 1 heterocycles. The first-order chi connectivity index (χ1) is 8.26. The van der Waals surface area contributed by atoms with Crippen molar-refractivity contribution in [2.45, 2.75) is 20.5 Å². The van der Waals surface area contributed by atoms with Gasteiger partial charge in [-0.25, -0.2) is 4.98 Å². The van der Waals surface area contributed by atoms with Gasteiger partial charge in [0.15, 0.2) is 0 Å². The molecule has 90 valence electrons. The first kappa shape index (κ1) is 11.9. The zero-order valence-corrected chi connectivity index (χ0v) is 10.6. The Hall–Kier alpha value is -1.61. The van der Waals surface area contributed by atoms with Crippen molar-refractivity contribution in [1.29, 1.82) is 0 Å². The Morgan fingerprint density at radius 3 is 2.88 bits per heavy atom. The maximum absolute atomic E-state index is 5.16. The van der Waals surface area contributed by atoms with Crippen LogP contribution in [0, 0.1) is 6.92 Å². The third-order valence-corrected chi connectivity index (χ3v) is 2.75. The Labute approximate surface area is 102 Å². The molecule has 0 saturated carbocycles. The fraction of sp³-hybridized carbons (Fsp3) is 0.357. The molecule has 0 unspecified atom stereocenters. The number of rotatable bonds is 4. The van der Waals surface area contributed by atoms with Crippen molar-refractivity contribution in [2.24, 2.45) is 0 Å². The standard InChI is InChI=1S/C14H18N2O/c1-4-15-13-8-11(9-17-3)16-14-10(2)6-5-7-12(13)14/h5-8H,4,9H2,1-3H3,(H,15,16). The van der Waals surface area contributed by atoms with E-state index in [-0.39, 0.29) is 0 Å². The highest BCUT2D eigenvalue weighted by Gasteiger charge is 2.06. The fourth-order valence-electron chi connectivity index (χ4n) is 2.00. The molecular formula is C14H18N2O. The topological polar surface area (TPSA) is 34.1 Å². The molecule has 0 aliphatic carbocycles. The Bertz CT molecular complexity index is 523. The van der Waals surface area contributed by atoms with Crippen LogP contribution in [-0.4, -0.2) is 18.6 Å². The molecule has 0 aliphatic heterocycles. The van der Waals surface area contributed by atoms with E-state index in [1.807, 2.05) is 0 Å².